The van der Waals surface area contributed by atoms with E-state index in [1.807, 2.05) is 6.07 Å². The maximum Gasteiger partial charge on any atom is 0.129 e. The third kappa shape index (κ3) is 2.59. The second kappa shape index (κ2) is 5.68. The zero-order valence-electron chi connectivity index (χ0n) is 11.2. The zero-order chi connectivity index (χ0) is 13.2. The van der Waals surface area contributed by atoms with E-state index in [4.69, 9.17) is 11.6 Å². The van der Waals surface area contributed by atoms with Crippen LogP contribution in [0.1, 0.15) is 44.1 Å². The number of anilines is 1. The van der Waals surface area contributed by atoms with Crippen molar-refractivity contribution in [2.24, 2.45) is 5.92 Å². The topological polar surface area (TPSA) is 36.4 Å². The van der Waals surface area contributed by atoms with Gasteiger partial charge in [-0.05, 0) is 37.7 Å². The normalized spacial score (nSPS) is 27.2. The second-order valence-electron chi connectivity index (χ2n) is 5.74. The molecule has 2 heterocycles. The largest absolute Gasteiger partial charge is 0.392 e. The lowest BCUT2D eigenvalue weighted by Gasteiger charge is -2.44. The summed E-state index contributed by atoms with van der Waals surface area (Å²) in [5.74, 6) is 1.82. The first-order valence-electron chi connectivity index (χ1n) is 7.31. The van der Waals surface area contributed by atoms with Gasteiger partial charge in [0.1, 0.15) is 5.82 Å². The van der Waals surface area contributed by atoms with Crippen LogP contribution in [0.3, 0.4) is 0 Å². The Bertz CT molecular complexity index is 450. The van der Waals surface area contributed by atoms with E-state index in [1.165, 1.54) is 38.5 Å². The van der Waals surface area contributed by atoms with Gasteiger partial charge in [0.2, 0.25) is 0 Å². The average Bonchev–Trinajstić information content (AvgIpc) is 2.47. The SMILES string of the molecule is OCc1cc(N2CCC[C@H]3CCCC[C@H]32)ncc1Cl. The summed E-state index contributed by atoms with van der Waals surface area (Å²) in [6.07, 6.45) is 9.64. The lowest BCUT2D eigenvalue weighted by atomic mass is 9.78. The van der Waals surface area contributed by atoms with E-state index >= 15 is 0 Å². The Morgan fingerprint density at radius 2 is 2.05 bits per heavy atom. The van der Waals surface area contributed by atoms with E-state index in [9.17, 15) is 5.11 Å². The smallest absolute Gasteiger partial charge is 0.129 e. The summed E-state index contributed by atoms with van der Waals surface area (Å²) >= 11 is 6.03. The Labute approximate surface area is 119 Å². The Morgan fingerprint density at radius 1 is 1.26 bits per heavy atom. The summed E-state index contributed by atoms with van der Waals surface area (Å²) in [4.78, 5) is 6.93. The summed E-state index contributed by atoms with van der Waals surface area (Å²) in [5, 5.41) is 9.90. The molecule has 2 aliphatic rings. The lowest BCUT2D eigenvalue weighted by molar-refractivity contribution is 0.242. The van der Waals surface area contributed by atoms with Crippen LogP contribution in [0.25, 0.3) is 0 Å². The van der Waals surface area contributed by atoms with Gasteiger partial charge in [-0.3, -0.25) is 0 Å². The molecule has 1 N–H and O–H groups in total. The van der Waals surface area contributed by atoms with Gasteiger partial charge in [-0.1, -0.05) is 24.4 Å². The van der Waals surface area contributed by atoms with Gasteiger partial charge in [-0.15, -0.1) is 0 Å². The first-order chi connectivity index (χ1) is 9.29. The number of nitrogens with zero attached hydrogens (tertiary/aromatic N) is 2. The molecule has 104 valence electrons. The summed E-state index contributed by atoms with van der Waals surface area (Å²) < 4.78 is 0. The van der Waals surface area contributed by atoms with Crippen molar-refractivity contribution in [2.45, 2.75) is 51.2 Å². The van der Waals surface area contributed by atoms with Gasteiger partial charge in [0.15, 0.2) is 0 Å². The fourth-order valence-corrected chi connectivity index (χ4v) is 3.82. The van der Waals surface area contributed by atoms with Crippen molar-refractivity contribution in [2.75, 3.05) is 11.4 Å². The quantitative estimate of drug-likeness (QED) is 0.902. The van der Waals surface area contributed by atoms with Gasteiger partial charge in [-0.2, -0.15) is 0 Å². The highest BCUT2D eigenvalue weighted by molar-refractivity contribution is 6.31. The maximum absolute atomic E-state index is 9.34. The summed E-state index contributed by atoms with van der Waals surface area (Å²) in [5.41, 5.74) is 0.782. The third-order valence-corrected chi connectivity index (χ3v) is 4.97. The summed E-state index contributed by atoms with van der Waals surface area (Å²) in [6.45, 7) is 1.07. The number of aromatic nitrogens is 1. The van der Waals surface area contributed by atoms with Crippen LogP contribution in [0.4, 0.5) is 5.82 Å². The molecular weight excluding hydrogens is 260 g/mol. The minimum absolute atomic E-state index is 0.0176. The Kier molecular flexibility index (Phi) is 3.94. The number of rotatable bonds is 2. The molecule has 3 nitrogen and oxygen atoms in total. The van der Waals surface area contributed by atoms with E-state index in [1.54, 1.807) is 6.20 Å². The highest BCUT2D eigenvalue weighted by Crippen LogP contribution is 2.37. The predicted molar refractivity (Wildman–Crippen MR) is 77.5 cm³/mol. The maximum atomic E-state index is 9.34. The number of piperidine rings is 1. The molecule has 2 atom stereocenters. The van der Waals surface area contributed by atoms with Gasteiger partial charge < -0.3 is 10.0 Å². The molecule has 4 heteroatoms. The summed E-state index contributed by atoms with van der Waals surface area (Å²) in [6, 6.07) is 2.60. The first-order valence-corrected chi connectivity index (χ1v) is 7.69. The first kappa shape index (κ1) is 13.2. The molecule has 1 aromatic heterocycles. The van der Waals surface area contributed by atoms with E-state index in [0.29, 0.717) is 11.1 Å². The van der Waals surface area contributed by atoms with E-state index in [2.05, 4.69) is 9.88 Å². The fraction of sp³-hybridized carbons (Fsp3) is 0.667. The highest BCUT2D eigenvalue weighted by Gasteiger charge is 2.33. The molecule has 0 bridgehead atoms. The standard InChI is InChI=1S/C15H21ClN2O/c16-13-9-17-15(8-12(13)10-19)18-7-3-5-11-4-1-2-6-14(11)18/h8-9,11,14,19H,1-7,10H2/t11-,14-/m1/s1. The number of pyridine rings is 1. The molecule has 2 fully saturated rings. The van der Waals surface area contributed by atoms with Gasteiger partial charge in [0, 0.05) is 24.3 Å². The fourth-order valence-electron chi connectivity index (χ4n) is 3.66. The van der Waals surface area contributed by atoms with Crippen LogP contribution in [0, 0.1) is 5.92 Å². The van der Waals surface area contributed by atoms with Crippen LogP contribution in [-0.4, -0.2) is 22.7 Å². The van der Waals surface area contributed by atoms with E-state index < -0.39 is 0 Å². The minimum Gasteiger partial charge on any atom is -0.392 e. The molecular formula is C15H21ClN2O. The van der Waals surface area contributed by atoms with E-state index in [0.717, 1.165) is 23.8 Å². The lowest BCUT2D eigenvalue weighted by Crippen LogP contribution is -2.47. The molecule has 1 aliphatic heterocycles. The third-order valence-electron chi connectivity index (χ3n) is 4.63. The molecule has 1 saturated carbocycles. The molecule has 1 aliphatic carbocycles. The monoisotopic (exact) mass is 280 g/mol. The zero-order valence-corrected chi connectivity index (χ0v) is 11.9. The highest BCUT2D eigenvalue weighted by atomic mass is 35.5. The molecule has 0 radical (unpaired) electrons. The molecule has 0 unspecified atom stereocenters. The van der Waals surface area contributed by atoms with Crippen LogP contribution in [0.15, 0.2) is 12.3 Å². The van der Waals surface area contributed by atoms with Crippen molar-refractivity contribution in [1.82, 2.24) is 4.98 Å². The number of hydrogen-bond donors (Lipinski definition) is 1. The van der Waals surface area contributed by atoms with Crippen LogP contribution in [0.2, 0.25) is 5.02 Å². The van der Waals surface area contributed by atoms with Crippen LogP contribution < -0.4 is 4.90 Å². The van der Waals surface area contributed by atoms with Crippen molar-refractivity contribution in [3.8, 4) is 0 Å². The van der Waals surface area contributed by atoms with Crippen molar-refractivity contribution >= 4 is 17.4 Å². The Balaban J connectivity index is 1.87. The van der Waals surface area contributed by atoms with Gasteiger partial charge >= 0.3 is 0 Å². The van der Waals surface area contributed by atoms with Crippen molar-refractivity contribution in [1.29, 1.82) is 0 Å². The number of hydrogen-bond acceptors (Lipinski definition) is 3. The van der Waals surface area contributed by atoms with Gasteiger partial charge in [-0.25, -0.2) is 4.98 Å². The van der Waals surface area contributed by atoms with Crippen molar-refractivity contribution in [3.63, 3.8) is 0 Å². The molecule has 1 saturated heterocycles. The molecule has 1 aromatic rings. The Hall–Kier alpha value is -0.800. The van der Waals surface area contributed by atoms with E-state index in [-0.39, 0.29) is 6.61 Å². The minimum atomic E-state index is -0.0176. The molecule has 0 amide bonds. The molecule has 3 rings (SSSR count). The van der Waals surface area contributed by atoms with Crippen LogP contribution >= 0.6 is 11.6 Å². The van der Waals surface area contributed by atoms with Gasteiger partial charge in [0.25, 0.3) is 0 Å². The number of aliphatic hydroxyl groups excluding tert-OH is 1. The Morgan fingerprint density at radius 3 is 2.89 bits per heavy atom. The molecule has 0 spiro atoms. The average molecular weight is 281 g/mol. The van der Waals surface area contributed by atoms with Gasteiger partial charge in [0.05, 0.1) is 11.6 Å². The molecule has 19 heavy (non-hydrogen) atoms. The number of aliphatic hydroxyl groups is 1. The number of halogens is 1. The predicted octanol–water partition coefficient (Wildman–Crippen LogP) is 3.39. The number of fused-ring (bicyclic) bond motifs is 1. The van der Waals surface area contributed by atoms with Crippen molar-refractivity contribution < 1.29 is 5.11 Å². The van der Waals surface area contributed by atoms with Crippen molar-refractivity contribution in [3.05, 3.63) is 22.8 Å². The molecule has 0 aromatic carbocycles. The van der Waals surface area contributed by atoms with Crippen LogP contribution in [-0.2, 0) is 6.61 Å². The summed E-state index contributed by atoms with van der Waals surface area (Å²) in [7, 11) is 0. The second-order valence-corrected chi connectivity index (χ2v) is 6.15. The van der Waals surface area contributed by atoms with Crippen LogP contribution in [0.5, 0.6) is 0 Å².